The van der Waals surface area contributed by atoms with E-state index in [0.29, 0.717) is 11.6 Å². The van der Waals surface area contributed by atoms with Gasteiger partial charge in [0.25, 0.3) is 0 Å². The third kappa shape index (κ3) is 4.99. The van der Waals surface area contributed by atoms with Crippen LogP contribution in [0.5, 0.6) is 0 Å². The van der Waals surface area contributed by atoms with E-state index in [1.165, 1.54) is 23.9 Å². The van der Waals surface area contributed by atoms with Crippen LogP contribution in [0.25, 0.3) is 5.69 Å². The van der Waals surface area contributed by atoms with E-state index in [9.17, 15) is 13.2 Å². The number of hydrogen-bond donors (Lipinski definition) is 0. The number of thioether (sulfide) groups is 1. The lowest BCUT2D eigenvalue weighted by Crippen LogP contribution is -2.08. The fourth-order valence-electron chi connectivity index (χ4n) is 3.38. The second kappa shape index (κ2) is 8.98. The van der Waals surface area contributed by atoms with E-state index in [1.807, 2.05) is 66.1 Å². The molecule has 158 valence electrons. The maximum atomic E-state index is 13.4. The molecule has 3 nitrogen and oxygen atoms in total. The van der Waals surface area contributed by atoms with Crippen LogP contribution in [0.2, 0.25) is 0 Å². The molecular formula is C24H20F3N3S. The van der Waals surface area contributed by atoms with Crippen molar-refractivity contribution in [1.82, 2.24) is 14.8 Å². The van der Waals surface area contributed by atoms with Crippen LogP contribution in [-0.2, 0) is 18.3 Å². The Morgan fingerprint density at radius 1 is 0.871 bits per heavy atom. The van der Waals surface area contributed by atoms with Crippen LogP contribution in [0.4, 0.5) is 13.2 Å². The smallest absolute Gasteiger partial charge is 0.274 e. The SMILES string of the molecule is Cc1cccc(-n2c(Cc3ccccc3)nnc2SCc2ccccc2C(F)(F)F)c1. The highest BCUT2D eigenvalue weighted by molar-refractivity contribution is 7.98. The first-order chi connectivity index (χ1) is 14.9. The lowest BCUT2D eigenvalue weighted by atomic mass is 10.1. The third-order valence-electron chi connectivity index (χ3n) is 4.84. The molecule has 0 aliphatic carbocycles. The van der Waals surface area contributed by atoms with Gasteiger partial charge in [0.15, 0.2) is 5.16 Å². The van der Waals surface area contributed by atoms with Crippen LogP contribution in [0.15, 0.2) is 84.0 Å². The van der Waals surface area contributed by atoms with Gasteiger partial charge in [-0.25, -0.2) is 0 Å². The summed E-state index contributed by atoms with van der Waals surface area (Å²) in [4.78, 5) is 0. The molecule has 0 saturated carbocycles. The van der Waals surface area contributed by atoms with Gasteiger partial charge in [-0.05, 0) is 41.8 Å². The van der Waals surface area contributed by atoms with Gasteiger partial charge in [-0.1, -0.05) is 72.4 Å². The molecule has 4 aromatic rings. The van der Waals surface area contributed by atoms with Crippen molar-refractivity contribution in [2.75, 3.05) is 0 Å². The lowest BCUT2D eigenvalue weighted by Gasteiger charge is -2.13. The van der Waals surface area contributed by atoms with Gasteiger partial charge in [0.2, 0.25) is 0 Å². The molecule has 0 saturated heterocycles. The molecule has 0 N–H and O–H groups in total. The quantitative estimate of drug-likeness (QED) is 0.322. The van der Waals surface area contributed by atoms with Gasteiger partial charge < -0.3 is 0 Å². The van der Waals surface area contributed by atoms with Gasteiger partial charge in [-0.3, -0.25) is 4.57 Å². The molecule has 0 amide bonds. The maximum absolute atomic E-state index is 13.4. The first-order valence-corrected chi connectivity index (χ1v) is 10.7. The second-order valence-electron chi connectivity index (χ2n) is 7.18. The predicted octanol–water partition coefficient (Wildman–Crippen LogP) is 6.48. The van der Waals surface area contributed by atoms with Crippen LogP contribution < -0.4 is 0 Å². The summed E-state index contributed by atoms with van der Waals surface area (Å²) in [6.45, 7) is 2.00. The van der Waals surface area contributed by atoms with Gasteiger partial charge in [-0.2, -0.15) is 13.2 Å². The highest BCUT2D eigenvalue weighted by Crippen LogP contribution is 2.35. The zero-order valence-corrected chi connectivity index (χ0v) is 17.6. The van der Waals surface area contributed by atoms with E-state index in [2.05, 4.69) is 10.2 Å². The van der Waals surface area contributed by atoms with Crippen LogP contribution in [0, 0.1) is 6.92 Å². The van der Waals surface area contributed by atoms with Crippen molar-refractivity contribution < 1.29 is 13.2 Å². The van der Waals surface area contributed by atoms with Crippen molar-refractivity contribution in [1.29, 1.82) is 0 Å². The number of aromatic nitrogens is 3. The Morgan fingerprint density at radius 2 is 1.61 bits per heavy atom. The normalized spacial score (nSPS) is 11.6. The van der Waals surface area contributed by atoms with Crippen LogP contribution in [-0.4, -0.2) is 14.8 Å². The van der Waals surface area contributed by atoms with Crippen molar-refractivity contribution >= 4 is 11.8 Å². The zero-order chi connectivity index (χ0) is 21.8. The molecular weight excluding hydrogens is 419 g/mol. The van der Waals surface area contributed by atoms with Gasteiger partial charge >= 0.3 is 6.18 Å². The number of hydrogen-bond acceptors (Lipinski definition) is 3. The summed E-state index contributed by atoms with van der Waals surface area (Å²) in [6, 6.07) is 23.5. The summed E-state index contributed by atoms with van der Waals surface area (Å²) in [6.07, 6.45) is -3.82. The average Bonchev–Trinajstić information content (AvgIpc) is 3.15. The molecule has 7 heteroatoms. The third-order valence-corrected chi connectivity index (χ3v) is 5.82. The highest BCUT2D eigenvalue weighted by Gasteiger charge is 2.33. The van der Waals surface area contributed by atoms with E-state index in [0.717, 1.165) is 28.7 Å². The second-order valence-corrected chi connectivity index (χ2v) is 8.12. The monoisotopic (exact) mass is 439 g/mol. The molecule has 31 heavy (non-hydrogen) atoms. The van der Waals surface area contributed by atoms with E-state index < -0.39 is 11.7 Å². The molecule has 0 aliphatic rings. The number of aryl methyl sites for hydroxylation is 1. The first-order valence-electron chi connectivity index (χ1n) is 9.75. The summed E-state index contributed by atoms with van der Waals surface area (Å²) >= 11 is 1.25. The molecule has 3 aromatic carbocycles. The molecule has 4 rings (SSSR count). The highest BCUT2D eigenvalue weighted by atomic mass is 32.2. The summed E-state index contributed by atoms with van der Waals surface area (Å²) in [5.74, 6) is 0.883. The van der Waals surface area contributed by atoms with Crippen molar-refractivity contribution in [3.63, 3.8) is 0 Å². The number of halogens is 3. The van der Waals surface area contributed by atoms with Crippen molar-refractivity contribution in [3.05, 3.63) is 107 Å². The summed E-state index contributed by atoms with van der Waals surface area (Å²) < 4.78 is 42.0. The summed E-state index contributed by atoms with van der Waals surface area (Å²) in [7, 11) is 0. The van der Waals surface area contributed by atoms with E-state index in [1.54, 1.807) is 6.07 Å². The minimum atomic E-state index is -4.39. The summed E-state index contributed by atoms with van der Waals surface area (Å²) in [5, 5.41) is 9.25. The number of rotatable bonds is 6. The Hall–Kier alpha value is -3.06. The Labute approximate surface area is 183 Å². The van der Waals surface area contributed by atoms with Gasteiger partial charge in [0.1, 0.15) is 5.82 Å². The topological polar surface area (TPSA) is 30.7 Å². The number of benzene rings is 3. The first kappa shape index (κ1) is 21.2. The van der Waals surface area contributed by atoms with Gasteiger partial charge in [0.05, 0.1) is 5.56 Å². The van der Waals surface area contributed by atoms with Gasteiger partial charge in [0, 0.05) is 17.9 Å². The predicted molar refractivity (Wildman–Crippen MR) is 116 cm³/mol. The minimum absolute atomic E-state index is 0.144. The minimum Gasteiger partial charge on any atom is -0.274 e. The molecule has 1 heterocycles. The van der Waals surface area contributed by atoms with Crippen molar-refractivity contribution in [2.45, 2.75) is 30.4 Å². The van der Waals surface area contributed by atoms with Crippen LogP contribution in [0.3, 0.4) is 0 Å². The van der Waals surface area contributed by atoms with Gasteiger partial charge in [-0.15, -0.1) is 10.2 Å². The zero-order valence-electron chi connectivity index (χ0n) is 16.8. The molecule has 1 aromatic heterocycles. The van der Waals surface area contributed by atoms with E-state index in [4.69, 9.17) is 0 Å². The van der Waals surface area contributed by atoms with Crippen LogP contribution >= 0.6 is 11.8 Å². The molecule has 0 atom stereocenters. The molecule has 0 fully saturated rings. The molecule has 0 bridgehead atoms. The molecule has 0 aliphatic heterocycles. The van der Waals surface area contributed by atoms with E-state index in [-0.39, 0.29) is 11.3 Å². The Balaban J connectivity index is 1.68. The van der Waals surface area contributed by atoms with E-state index >= 15 is 0 Å². The number of nitrogens with zero attached hydrogens (tertiary/aromatic N) is 3. The average molecular weight is 440 g/mol. The molecule has 0 unspecified atom stereocenters. The lowest BCUT2D eigenvalue weighted by molar-refractivity contribution is -0.138. The largest absolute Gasteiger partial charge is 0.416 e. The number of alkyl halides is 3. The van der Waals surface area contributed by atoms with Crippen LogP contribution in [0.1, 0.15) is 28.1 Å². The molecule has 0 radical (unpaired) electrons. The van der Waals surface area contributed by atoms with Crippen molar-refractivity contribution in [2.24, 2.45) is 0 Å². The standard InChI is InChI=1S/C24H20F3N3S/c1-17-8-7-12-20(14-17)30-22(15-18-9-3-2-4-10-18)28-29-23(30)31-16-19-11-5-6-13-21(19)24(25,26)27/h2-14H,15-16H2,1H3. The molecule has 0 spiro atoms. The Morgan fingerprint density at radius 3 is 2.35 bits per heavy atom. The maximum Gasteiger partial charge on any atom is 0.416 e. The fraction of sp³-hybridized carbons (Fsp3) is 0.167. The fourth-order valence-corrected chi connectivity index (χ4v) is 4.35. The van der Waals surface area contributed by atoms with Crippen molar-refractivity contribution in [3.8, 4) is 5.69 Å². The summed E-state index contributed by atoms with van der Waals surface area (Å²) in [5.41, 5.74) is 2.66. The Bertz CT molecular complexity index is 1170. The Kier molecular flexibility index (Phi) is 6.13.